The van der Waals surface area contributed by atoms with Gasteiger partial charge in [-0.1, -0.05) is 12.1 Å². The standard InChI is InChI=1S/C16H23FN2OS/c1-11-9-13(12-3-5-14(17)6-4-12)10-19(11)16(20)15(18)7-8-21-2/h3-6,11,13,15H,7-10,18H2,1-2H3/t11?,13?,15-/m0/s1. The zero-order valence-corrected chi connectivity index (χ0v) is 13.4. The predicted octanol–water partition coefficient (Wildman–Crippen LogP) is 2.61. The molecule has 1 aromatic rings. The summed E-state index contributed by atoms with van der Waals surface area (Å²) < 4.78 is 13.0. The van der Waals surface area contributed by atoms with Crippen LogP contribution in [0.2, 0.25) is 0 Å². The Hall–Kier alpha value is -1.07. The van der Waals surface area contributed by atoms with Crippen LogP contribution in [0.1, 0.15) is 31.2 Å². The van der Waals surface area contributed by atoms with Crippen molar-refractivity contribution in [2.24, 2.45) is 5.73 Å². The number of amides is 1. The normalized spacial score (nSPS) is 23.3. The lowest BCUT2D eigenvalue weighted by atomic mass is 9.97. The van der Waals surface area contributed by atoms with E-state index in [-0.39, 0.29) is 23.7 Å². The summed E-state index contributed by atoms with van der Waals surface area (Å²) in [5.41, 5.74) is 7.09. The minimum absolute atomic E-state index is 0.0427. The van der Waals surface area contributed by atoms with Gasteiger partial charge >= 0.3 is 0 Å². The molecule has 1 saturated heterocycles. The Balaban J connectivity index is 2.00. The summed E-state index contributed by atoms with van der Waals surface area (Å²) >= 11 is 1.70. The van der Waals surface area contributed by atoms with Crippen LogP contribution in [0.25, 0.3) is 0 Å². The van der Waals surface area contributed by atoms with Crippen molar-refractivity contribution in [2.45, 2.75) is 37.8 Å². The maximum absolute atomic E-state index is 13.0. The van der Waals surface area contributed by atoms with Gasteiger partial charge in [0.25, 0.3) is 0 Å². The molecule has 1 fully saturated rings. The van der Waals surface area contributed by atoms with Crippen LogP contribution >= 0.6 is 11.8 Å². The van der Waals surface area contributed by atoms with E-state index in [1.165, 1.54) is 12.1 Å². The monoisotopic (exact) mass is 310 g/mol. The second kappa shape index (κ2) is 7.27. The maximum atomic E-state index is 13.0. The number of hydrogen-bond donors (Lipinski definition) is 1. The number of rotatable bonds is 5. The van der Waals surface area contributed by atoms with Crippen molar-refractivity contribution in [3.8, 4) is 0 Å². The molecule has 1 amide bonds. The van der Waals surface area contributed by atoms with Crippen LogP contribution in [0.3, 0.4) is 0 Å². The lowest BCUT2D eigenvalue weighted by Crippen LogP contribution is -2.45. The number of likely N-dealkylation sites (tertiary alicyclic amines) is 1. The maximum Gasteiger partial charge on any atom is 0.239 e. The van der Waals surface area contributed by atoms with Gasteiger partial charge in [0.1, 0.15) is 5.82 Å². The molecule has 0 bridgehead atoms. The van der Waals surface area contributed by atoms with Crippen molar-refractivity contribution in [2.75, 3.05) is 18.6 Å². The van der Waals surface area contributed by atoms with Crippen molar-refractivity contribution in [3.05, 3.63) is 35.6 Å². The zero-order valence-electron chi connectivity index (χ0n) is 12.6. The van der Waals surface area contributed by atoms with Gasteiger partial charge in [0.2, 0.25) is 5.91 Å². The molecule has 0 saturated carbocycles. The molecule has 5 heteroatoms. The van der Waals surface area contributed by atoms with E-state index >= 15 is 0 Å². The number of halogens is 1. The average molecular weight is 310 g/mol. The number of nitrogens with zero attached hydrogens (tertiary/aromatic N) is 1. The van der Waals surface area contributed by atoms with Gasteiger partial charge in [0.05, 0.1) is 6.04 Å². The molecule has 1 aliphatic heterocycles. The predicted molar refractivity (Wildman–Crippen MR) is 85.9 cm³/mol. The highest BCUT2D eigenvalue weighted by molar-refractivity contribution is 7.98. The molecule has 116 valence electrons. The summed E-state index contributed by atoms with van der Waals surface area (Å²) in [5.74, 6) is 0.992. The molecule has 1 aromatic carbocycles. The van der Waals surface area contributed by atoms with Gasteiger partial charge in [-0.3, -0.25) is 4.79 Å². The van der Waals surface area contributed by atoms with E-state index in [9.17, 15) is 9.18 Å². The van der Waals surface area contributed by atoms with Gasteiger partial charge in [-0.2, -0.15) is 11.8 Å². The molecule has 0 aromatic heterocycles. The van der Waals surface area contributed by atoms with Crippen LogP contribution in [0.5, 0.6) is 0 Å². The fraction of sp³-hybridized carbons (Fsp3) is 0.562. The van der Waals surface area contributed by atoms with E-state index in [0.29, 0.717) is 13.0 Å². The number of nitrogens with two attached hydrogens (primary N) is 1. The molecule has 0 radical (unpaired) electrons. The van der Waals surface area contributed by atoms with Gasteiger partial charge in [-0.15, -0.1) is 0 Å². The summed E-state index contributed by atoms with van der Waals surface area (Å²) in [5, 5.41) is 0. The SMILES string of the molecule is CSCC[C@H](N)C(=O)N1CC(c2ccc(F)cc2)CC1C. The Morgan fingerprint density at radius 1 is 1.48 bits per heavy atom. The lowest BCUT2D eigenvalue weighted by molar-refractivity contribution is -0.133. The van der Waals surface area contributed by atoms with Crippen LogP contribution in [-0.2, 0) is 4.79 Å². The molecule has 2 unspecified atom stereocenters. The van der Waals surface area contributed by atoms with E-state index in [0.717, 1.165) is 17.7 Å². The first kappa shape index (κ1) is 16.3. The van der Waals surface area contributed by atoms with E-state index in [2.05, 4.69) is 6.92 Å². The topological polar surface area (TPSA) is 46.3 Å². The first-order valence-electron chi connectivity index (χ1n) is 7.33. The molecular formula is C16H23FN2OS. The molecule has 2 N–H and O–H groups in total. The summed E-state index contributed by atoms with van der Waals surface area (Å²) in [6.07, 6.45) is 3.64. The third kappa shape index (κ3) is 3.98. The fourth-order valence-corrected chi connectivity index (χ4v) is 3.39. The van der Waals surface area contributed by atoms with Gasteiger partial charge in [-0.25, -0.2) is 4.39 Å². The molecule has 0 spiro atoms. The molecule has 3 nitrogen and oxygen atoms in total. The van der Waals surface area contributed by atoms with Gasteiger partial charge in [-0.05, 0) is 49.5 Å². The number of carbonyl (C=O) groups is 1. The van der Waals surface area contributed by atoms with Crippen LogP contribution in [0.15, 0.2) is 24.3 Å². The first-order chi connectivity index (χ1) is 10.0. The van der Waals surface area contributed by atoms with Crippen molar-refractivity contribution in [1.29, 1.82) is 0 Å². The van der Waals surface area contributed by atoms with E-state index < -0.39 is 6.04 Å². The lowest BCUT2D eigenvalue weighted by Gasteiger charge is -2.25. The van der Waals surface area contributed by atoms with Crippen LogP contribution < -0.4 is 5.73 Å². The largest absolute Gasteiger partial charge is 0.338 e. The van der Waals surface area contributed by atoms with Crippen molar-refractivity contribution in [1.82, 2.24) is 4.90 Å². The average Bonchev–Trinajstić information content (AvgIpc) is 2.86. The minimum Gasteiger partial charge on any atom is -0.338 e. The summed E-state index contributed by atoms with van der Waals surface area (Å²) in [7, 11) is 0. The molecule has 3 atom stereocenters. The Bertz CT molecular complexity index is 480. The van der Waals surface area contributed by atoms with Gasteiger partial charge in [0, 0.05) is 18.5 Å². The molecule has 1 aliphatic rings. The third-order valence-corrected chi connectivity index (χ3v) is 4.79. The van der Waals surface area contributed by atoms with Crippen LogP contribution in [-0.4, -0.2) is 41.4 Å². The van der Waals surface area contributed by atoms with Crippen molar-refractivity contribution >= 4 is 17.7 Å². The minimum atomic E-state index is -0.410. The van der Waals surface area contributed by atoms with Gasteiger partial charge in [0.15, 0.2) is 0 Å². The second-order valence-corrected chi connectivity index (χ2v) is 6.70. The number of hydrogen-bond acceptors (Lipinski definition) is 3. The zero-order chi connectivity index (χ0) is 15.4. The fourth-order valence-electron chi connectivity index (χ4n) is 2.90. The molecule has 0 aliphatic carbocycles. The Labute approximate surface area is 130 Å². The number of benzene rings is 1. The smallest absolute Gasteiger partial charge is 0.239 e. The summed E-state index contributed by atoms with van der Waals surface area (Å²) in [6.45, 7) is 2.74. The molecular weight excluding hydrogens is 287 g/mol. The first-order valence-corrected chi connectivity index (χ1v) is 8.72. The molecule has 21 heavy (non-hydrogen) atoms. The number of carbonyl (C=O) groups excluding carboxylic acids is 1. The van der Waals surface area contributed by atoms with Crippen molar-refractivity contribution in [3.63, 3.8) is 0 Å². The van der Waals surface area contributed by atoms with Gasteiger partial charge < -0.3 is 10.6 Å². The Kier molecular flexibility index (Phi) is 5.65. The highest BCUT2D eigenvalue weighted by atomic mass is 32.2. The number of thioether (sulfide) groups is 1. The van der Waals surface area contributed by atoms with E-state index in [4.69, 9.17) is 5.73 Å². The molecule has 2 rings (SSSR count). The second-order valence-electron chi connectivity index (χ2n) is 5.71. The Morgan fingerprint density at radius 2 is 2.14 bits per heavy atom. The van der Waals surface area contributed by atoms with E-state index in [1.807, 2.05) is 23.3 Å². The summed E-state index contributed by atoms with van der Waals surface area (Å²) in [4.78, 5) is 14.3. The van der Waals surface area contributed by atoms with E-state index in [1.54, 1.807) is 11.8 Å². The third-order valence-electron chi connectivity index (χ3n) is 4.15. The quantitative estimate of drug-likeness (QED) is 0.909. The molecule has 1 heterocycles. The van der Waals surface area contributed by atoms with Crippen molar-refractivity contribution < 1.29 is 9.18 Å². The Morgan fingerprint density at radius 3 is 2.76 bits per heavy atom. The summed E-state index contributed by atoms with van der Waals surface area (Å²) in [6, 6.07) is 6.37. The highest BCUT2D eigenvalue weighted by Crippen LogP contribution is 2.32. The highest BCUT2D eigenvalue weighted by Gasteiger charge is 2.34. The van der Waals surface area contributed by atoms with Crippen LogP contribution in [0.4, 0.5) is 4.39 Å². The van der Waals surface area contributed by atoms with Crippen LogP contribution in [0, 0.1) is 5.82 Å².